The van der Waals surface area contributed by atoms with Crippen molar-refractivity contribution in [1.82, 2.24) is 10.5 Å². The molecular formula is C15H26N2O. The minimum absolute atomic E-state index is 0.123. The van der Waals surface area contributed by atoms with Gasteiger partial charge in [0.1, 0.15) is 11.5 Å². The van der Waals surface area contributed by atoms with Gasteiger partial charge in [-0.25, -0.2) is 0 Å². The van der Waals surface area contributed by atoms with Crippen LogP contribution in [0.5, 0.6) is 0 Å². The smallest absolute Gasteiger partial charge is 0.140 e. The van der Waals surface area contributed by atoms with Gasteiger partial charge in [0, 0.05) is 24.1 Å². The molecule has 1 N–H and O–H groups in total. The van der Waals surface area contributed by atoms with Crippen molar-refractivity contribution >= 4 is 0 Å². The zero-order chi connectivity index (χ0) is 13.3. The van der Waals surface area contributed by atoms with Gasteiger partial charge >= 0.3 is 0 Å². The van der Waals surface area contributed by atoms with Crippen LogP contribution in [0.25, 0.3) is 0 Å². The SMILES string of the molecule is CC(C)C1CCc2onc(CNC(C)(C)C)c2C1. The molecule has 102 valence electrons. The van der Waals surface area contributed by atoms with E-state index in [4.69, 9.17) is 4.52 Å². The summed E-state index contributed by atoms with van der Waals surface area (Å²) in [4.78, 5) is 0. The van der Waals surface area contributed by atoms with Crippen LogP contribution in [-0.4, -0.2) is 10.7 Å². The number of fused-ring (bicyclic) bond motifs is 1. The lowest BCUT2D eigenvalue weighted by molar-refractivity contribution is 0.305. The molecule has 3 nitrogen and oxygen atoms in total. The quantitative estimate of drug-likeness (QED) is 0.894. The summed E-state index contributed by atoms with van der Waals surface area (Å²) in [6.45, 7) is 12.0. The van der Waals surface area contributed by atoms with Crippen molar-refractivity contribution in [2.45, 2.75) is 66.0 Å². The Labute approximate surface area is 110 Å². The number of hydrogen-bond acceptors (Lipinski definition) is 3. The van der Waals surface area contributed by atoms with Crippen LogP contribution in [0.2, 0.25) is 0 Å². The van der Waals surface area contributed by atoms with Crippen molar-refractivity contribution in [1.29, 1.82) is 0 Å². The van der Waals surface area contributed by atoms with Crippen LogP contribution in [0.15, 0.2) is 4.52 Å². The number of nitrogens with one attached hydrogen (secondary N) is 1. The second kappa shape index (κ2) is 5.04. The lowest BCUT2D eigenvalue weighted by atomic mass is 9.80. The van der Waals surface area contributed by atoms with E-state index < -0.39 is 0 Å². The molecule has 0 radical (unpaired) electrons. The summed E-state index contributed by atoms with van der Waals surface area (Å²) in [5.74, 6) is 2.65. The Morgan fingerprint density at radius 1 is 1.39 bits per heavy atom. The van der Waals surface area contributed by atoms with E-state index in [-0.39, 0.29) is 5.54 Å². The minimum atomic E-state index is 0.123. The first-order valence-corrected chi connectivity index (χ1v) is 7.08. The van der Waals surface area contributed by atoms with Crippen molar-refractivity contribution < 1.29 is 4.52 Å². The Kier molecular flexibility index (Phi) is 3.81. The average Bonchev–Trinajstić information content (AvgIpc) is 2.67. The lowest BCUT2D eigenvalue weighted by Crippen LogP contribution is -2.35. The molecule has 0 aliphatic heterocycles. The summed E-state index contributed by atoms with van der Waals surface area (Å²) in [5.41, 5.74) is 2.61. The molecule has 1 aliphatic carbocycles. The predicted molar refractivity (Wildman–Crippen MR) is 73.4 cm³/mol. The molecule has 1 heterocycles. The molecule has 1 unspecified atom stereocenters. The lowest BCUT2D eigenvalue weighted by Gasteiger charge is -2.25. The van der Waals surface area contributed by atoms with Crippen LogP contribution in [0.4, 0.5) is 0 Å². The molecule has 1 aliphatic rings. The van der Waals surface area contributed by atoms with Crippen LogP contribution in [0, 0.1) is 11.8 Å². The highest BCUT2D eigenvalue weighted by molar-refractivity contribution is 5.26. The van der Waals surface area contributed by atoms with E-state index in [9.17, 15) is 0 Å². The third-order valence-corrected chi connectivity index (χ3v) is 3.89. The maximum absolute atomic E-state index is 5.49. The van der Waals surface area contributed by atoms with Gasteiger partial charge in [-0.3, -0.25) is 0 Å². The van der Waals surface area contributed by atoms with Gasteiger partial charge in [-0.1, -0.05) is 19.0 Å². The van der Waals surface area contributed by atoms with Crippen molar-refractivity contribution in [3.05, 3.63) is 17.0 Å². The van der Waals surface area contributed by atoms with E-state index >= 15 is 0 Å². The second-order valence-electron chi connectivity index (χ2n) is 6.88. The van der Waals surface area contributed by atoms with Crippen LogP contribution < -0.4 is 5.32 Å². The molecule has 1 aromatic rings. The van der Waals surface area contributed by atoms with E-state index in [0.717, 1.165) is 42.7 Å². The Morgan fingerprint density at radius 3 is 2.72 bits per heavy atom. The monoisotopic (exact) mass is 250 g/mol. The average molecular weight is 250 g/mol. The Hall–Kier alpha value is -0.830. The van der Waals surface area contributed by atoms with Gasteiger partial charge in [-0.15, -0.1) is 0 Å². The van der Waals surface area contributed by atoms with Crippen LogP contribution in [-0.2, 0) is 19.4 Å². The highest BCUT2D eigenvalue weighted by Gasteiger charge is 2.27. The summed E-state index contributed by atoms with van der Waals surface area (Å²) in [6.07, 6.45) is 3.43. The predicted octanol–water partition coefficient (Wildman–Crippen LogP) is 3.32. The summed E-state index contributed by atoms with van der Waals surface area (Å²) >= 11 is 0. The fraction of sp³-hybridized carbons (Fsp3) is 0.800. The number of aryl methyl sites for hydroxylation is 1. The molecule has 3 heteroatoms. The summed E-state index contributed by atoms with van der Waals surface area (Å²) in [7, 11) is 0. The highest BCUT2D eigenvalue weighted by Crippen LogP contribution is 2.32. The largest absolute Gasteiger partial charge is 0.361 e. The number of rotatable bonds is 3. The van der Waals surface area contributed by atoms with E-state index in [1.165, 1.54) is 12.0 Å². The third-order valence-electron chi connectivity index (χ3n) is 3.89. The summed E-state index contributed by atoms with van der Waals surface area (Å²) in [5, 5.41) is 7.75. The van der Waals surface area contributed by atoms with Crippen LogP contribution >= 0.6 is 0 Å². The third kappa shape index (κ3) is 3.14. The maximum atomic E-state index is 5.49. The highest BCUT2D eigenvalue weighted by atomic mass is 16.5. The molecule has 0 saturated heterocycles. The van der Waals surface area contributed by atoms with Gasteiger partial charge in [-0.05, 0) is 45.4 Å². The Balaban J connectivity index is 2.08. The van der Waals surface area contributed by atoms with E-state index in [0.29, 0.717) is 0 Å². The van der Waals surface area contributed by atoms with E-state index in [2.05, 4.69) is 45.1 Å². The van der Waals surface area contributed by atoms with Gasteiger partial charge in [-0.2, -0.15) is 0 Å². The fourth-order valence-electron chi connectivity index (χ4n) is 2.55. The van der Waals surface area contributed by atoms with Gasteiger partial charge < -0.3 is 9.84 Å². The van der Waals surface area contributed by atoms with Crippen LogP contribution in [0.3, 0.4) is 0 Å². The first-order chi connectivity index (χ1) is 8.37. The molecule has 1 aromatic heterocycles. The zero-order valence-corrected chi connectivity index (χ0v) is 12.3. The Bertz CT molecular complexity index is 401. The molecular weight excluding hydrogens is 224 g/mol. The van der Waals surface area contributed by atoms with Crippen molar-refractivity contribution in [2.75, 3.05) is 0 Å². The number of nitrogens with zero attached hydrogens (tertiary/aromatic N) is 1. The van der Waals surface area contributed by atoms with Crippen molar-refractivity contribution in [3.8, 4) is 0 Å². The van der Waals surface area contributed by atoms with Gasteiger partial charge in [0.25, 0.3) is 0 Å². The second-order valence-corrected chi connectivity index (χ2v) is 6.88. The van der Waals surface area contributed by atoms with Crippen molar-refractivity contribution in [3.63, 3.8) is 0 Å². The molecule has 18 heavy (non-hydrogen) atoms. The zero-order valence-electron chi connectivity index (χ0n) is 12.3. The van der Waals surface area contributed by atoms with Gasteiger partial charge in [0.05, 0.1) is 0 Å². The molecule has 0 spiro atoms. The van der Waals surface area contributed by atoms with Crippen molar-refractivity contribution in [2.24, 2.45) is 11.8 Å². The maximum Gasteiger partial charge on any atom is 0.140 e. The normalized spacial score (nSPS) is 20.2. The molecule has 2 rings (SSSR count). The fourth-order valence-corrected chi connectivity index (χ4v) is 2.55. The first-order valence-electron chi connectivity index (χ1n) is 7.08. The Morgan fingerprint density at radius 2 is 2.11 bits per heavy atom. The van der Waals surface area contributed by atoms with Gasteiger partial charge in [0.15, 0.2) is 0 Å². The van der Waals surface area contributed by atoms with E-state index in [1.807, 2.05) is 0 Å². The topological polar surface area (TPSA) is 38.1 Å². The number of hydrogen-bond donors (Lipinski definition) is 1. The molecule has 0 amide bonds. The first kappa shape index (κ1) is 13.6. The van der Waals surface area contributed by atoms with Crippen LogP contribution in [0.1, 0.15) is 58.1 Å². The molecule has 0 saturated carbocycles. The molecule has 1 atom stereocenters. The molecule has 0 fully saturated rings. The van der Waals surface area contributed by atoms with Gasteiger partial charge in [0.2, 0.25) is 0 Å². The summed E-state index contributed by atoms with van der Waals surface area (Å²) in [6, 6.07) is 0. The summed E-state index contributed by atoms with van der Waals surface area (Å²) < 4.78 is 5.49. The standard InChI is InChI=1S/C15H26N2O/c1-10(2)11-6-7-14-12(8-11)13(17-18-14)9-16-15(3,4)5/h10-11,16H,6-9H2,1-5H3. The number of aromatic nitrogens is 1. The molecule has 0 aromatic carbocycles. The van der Waals surface area contributed by atoms with E-state index in [1.54, 1.807) is 0 Å². The minimum Gasteiger partial charge on any atom is -0.361 e. The molecule has 0 bridgehead atoms.